The molecule has 146 valence electrons. The minimum absolute atomic E-state index is 0.124. The number of nitrogen functional groups attached to an aromatic ring is 1. The Morgan fingerprint density at radius 3 is 2.55 bits per heavy atom. The molecule has 4 N–H and O–H groups in total. The summed E-state index contributed by atoms with van der Waals surface area (Å²) >= 11 is 0. The summed E-state index contributed by atoms with van der Waals surface area (Å²) in [5.74, 6) is 0.839. The van der Waals surface area contributed by atoms with Crippen molar-refractivity contribution >= 4 is 16.9 Å². The van der Waals surface area contributed by atoms with E-state index < -0.39 is 5.82 Å². The molecule has 0 amide bonds. The average Bonchev–Trinajstić information content (AvgIpc) is 3.07. The van der Waals surface area contributed by atoms with E-state index in [0.717, 1.165) is 12.8 Å². The van der Waals surface area contributed by atoms with E-state index in [2.05, 4.69) is 15.1 Å². The van der Waals surface area contributed by atoms with Crippen LogP contribution in [0.4, 0.5) is 10.2 Å². The number of nitrogens with two attached hydrogens (primary N) is 2. The molecule has 2 heterocycles. The molecule has 0 spiro atoms. The molecule has 5 rings (SSSR count). The third kappa shape index (κ3) is 3.07. The Labute approximate surface area is 166 Å². The summed E-state index contributed by atoms with van der Waals surface area (Å²) < 4.78 is 22.5. The normalized spacial score (nSPS) is 18.6. The van der Waals surface area contributed by atoms with Gasteiger partial charge < -0.3 is 16.2 Å². The second-order valence-electron chi connectivity index (χ2n) is 7.19. The summed E-state index contributed by atoms with van der Waals surface area (Å²) in [5.41, 5.74) is 13.4. The van der Waals surface area contributed by atoms with Crippen LogP contribution in [0.2, 0.25) is 0 Å². The average molecular weight is 390 g/mol. The lowest BCUT2D eigenvalue weighted by molar-refractivity contribution is 0.253. The highest BCUT2D eigenvalue weighted by Crippen LogP contribution is 2.38. The second-order valence-corrected chi connectivity index (χ2v) is 7.19. The minimum atomic E-state index is -0.460. The first-order chi connectivity index (χ1) is 14.1. The summed E-state index contributed by atoms with van der Waals surface area (Å²) in [4.78, 5) is 8.41. The lowest BCUT2D eigenvalue weighted by Gasteiger charge is -2.32. The Morgan fingerprint density at radius 1 is 1.03 bits per heavy atom. The molecule has 8 heteroatoms. The first-order valence-electron chi connectivity index (χ1n) is 9.37. The van der Waals surface area contributed by atoms with Gasteiger partial charge in [-0.1, -0.05) is 18.2 Å². The number of halogens is 1. The fourth-order valence-electron chi connectivity index (χ4n) is 3.64. The van der Waals surface area contributed by atoms with Gasteiger partial charge in [0.1, 0.15) is 35.2 Å². The summed E-state index contributed by atoms with van der Waals surface area (Å²) in [6, 6.07) is 14.2. The fourth-order valence-corrected chi connectivity index (χ4v) is 3.64. The van der Waals surface area contributed by atoms with Crippen molar-refractivity contribution in [2.24, 2.45) is 5.73 Å². The van der Waals surface area contributed by atoms with Gasteiger partial charge in [0.15, 0.2) is 5.65 Å². The van der Waals surface area contributed by atoms with Gasteiger partial charge in [-0.3, -0.25) is 0 Å². The van der Waals surface area contributed by atoms with Crippen LogP contribution >= 0.6 is 0 Å². The highest BCUT2D eigenvalue weighted by atomic mass is 19.1. The van der Waals surface area contributed by atoms with Crippen LogP contribution in [0.25, 0.3) is 22.3 Å². The number of para-hydroxylation sites is 1. The Hall–Kier alpha value is -3.52. The molecule has 0 bridgehead atoms. The first-order valence-corrected chi connectivity index (χ1v) is 9.37. The Bertz CT molecular complexity index is 1190. The highest BCUT2D eigenvalue weighted by Gasteiger charge is 2.31. The van der Waals surface area contributed by atoms with E-state index in [1.54, 1.807) is 16.8 Å². The topological polar surface area (TPSA) is 105 Å². The lowest BCUT2D eigenvalue weighted by atomic mass is 9.88. The van der Waals surface area contributed by atoms with E-state index in [-0.39, 0.29) is 17.9 Å². The molecule has 1 aliphatic rings. The van der Waals surface area contributed by atoms with Gasteiger partial charge in [-0.05, 0) is 37.1 Å². The van der Waals surface area contributed by atoms with Crippen LogP contribution in [-0.4, -0.2) is 25.8 Å². The summed E-state index contributed by atoms with van der Waals surface area (Å²) in [5, 5.41) is 5.19. The van der Waals surface area contributed by atoms with Gasteiger partial charge in [0, 0.05) is 17.7 Å². The number of ether oxygens (including phenoxy) is 1. The number of hydrogen-bond acceptors (Lipinski definition) is 6. The number of fused-ring (bicyclic) bond motifs is 1. The van der Waals surface area contributed by atoms with Crippen LogP contribution in [0.3, 0.4) is 0 Å². The van der Waals surface area contributed by atoms with E-state index in [4.69, 9.17) is 16.2 Å². The largest absolute Gasteiger partial charge is 0.457 e. The monoisotopic (exact) mass is 390 g/mol. The van der Waals surface area contributed by atoms with Crippen molar-refractivity contribution in [1.29, 1.82) is 0 Å². The zero-order valence-electron chi connectivity index (χ0n) is 15.5. The van der Waals surface area contributed by atoms with Crippen molar-refractivity contribution in [3.8, 4) is 22.8 Å². The maximum Gasteiger partial charge on any atom is 0.164 e. The maximum atomic E-state index is 15.0. The number of aromatic nitrogens is 4. The summed E-state index contributed by atoms with van der Waals surface area (Å²) in [7, 11) is 0. The smallest absolute Gasteiger partial charge is 0.164 e. The maximum absolute atomic E-state index is 15.0. The Kier molecular flexibility index (Phi) is 4.13. The van der Waals surface area contributed by atoms with E-state index in [1.165, 1.54) is 12.4 Å². The van der Waals surface area contributed by atoms with Crippen molar-refractivity contribution < 1.29 is 9.13 Å². The number of nitrogens with zero attached hydrogens (tertiary/aromatic N) is 4. The molecule has 1 saturated carbocycles. The minimum Gasteiger partial charge on any atom is -0.457 e. The van der Waals surface area contributed by atoms with Crippen molar-refractivity contribution in [3.05, 3.63) is 60.7 Å². The van der Waals surface area contributed by atoms with Crippen LogP contribution in [0, 0.1) is 5.82 Å². The Morgan fingerprint density at radius 2 is 1.83 bits per heavy atom. The Balaban J connectivity index is 1.57. The number of hydrogen-bond donors (Lipinski definition) is 2. The predicted molar refractivity (Wildman–Crippen MR) is 108 cm³/mol. The molecule has 0 saturated heterocycles. The molecule has 0 unspecified atom stereocenters. The molecule has 29 heavy (non-hydrogen) atoms. The van der Waals surface area contributed by atoms with Crippen LogP contribution in [-0.2, 0) is 0 Å². The first kappa shape index (κ1) is 17.6. The summed E-state index contributed by atoms with van der Waals surface area (Å²) in [6.07, 6.45) is 2.99. The van der Waals surface area contributed by atoms with Gasteiger partial charge >= 0.3 is 0 Å². The van der Waals surface area contributed by atoms with E-state index in [0.29, 0.717) is 33.8 Å². The molecule has 1 fully saturated rings. The SMILES string of the molecule is Nc1ncnc2c1c(-c1ccc(Oc3ccccc3)cc1F)nn2C1CC(N)C1. The van der Waals surface area contributed by atoms with Gasteiger partial charge in [-0.2, -0.15) is 5.10 Å². The van der Waals surface area contributed by atoms with Gasteiger partial charge in [-0.25, -0.2) is 19.0 Å². The number of benzene rings is 2. The van der Waals surface area contributed by atoms with Crippen molar-refractivity contribution in [3.63, 3.8) is 0 Å². The zero-order valence-corrected chi connectivity index (χ0v) is 15.5. The molecule has 2 aromatic carbocycles. The van der Waals surface area contributed by atoms with Gasteiger partial charge in [0.2, 0.25) is 0 Å². The molecule has 0 aliphatic heterocycles. The van der Waals surface area contributed by atoms with Gasteiger partial charge in [-0.15, -0.1) is 0 Å². The molecule has 4 aromatic rings. The van der Waals surface area contributed by atoms with Crippen molar-refractivity contribution in [2.75, 3.05) is 5.73 Å². The quantitative estimate of drug-likeness (QED) is 0.551. The molecular formula is C21H19FN6O. The molecule has 1 aliphatic carbocycles. The predicted octanol–water partition coefficient (Wildman–Crippen LogP) is 3.67. The standard InChI is InChI=1S/C21H19FN6O/c22-17-10-15(29-14-4-2-1-3-5-14)6-7-16(17)19-18-20(24)25-11-26-21(18)28(27-19)13-8-12(23)9-13/h1-7,10-13H,8-9,23H2,(H2,24,25,26). The summed E-state index contributed by atoms with van der Waals surface area (Å²) in [6.45, 7) is 0. The third-order valence-corrected chi connectivity index (χ3v) is 5.19. The van der Waals surface area contributed by atoms with Crippen LogP contribution in [0.5, 0.6) is 11.5 Å². The molecule has 2 aromatic heterocycles. The highest BCUT2D eigenvalue weighted by molar-refractivity contribution is 5.98. The van der Waals surface area contributed by atoms with E-state index in [1.807, 2.05) is 30.3 Å². The zero-order chi connectivity index (χ0) is 20.0. The molecular weight excluding hydrogens is 371 g/mol. The number of anilines is 1. The van der Waals surface area contributed by atoms with Gasteiger partial charge in [0.25, 0.3) is 0 Å². The van der Waals surface area contributed by atoms with Crippen molar-refractivity contribution in [2.45, 2.75) is 24.9 Å². The molecule has 0 atom stereocenters. The lowest BCUT2D eigenvalue weighted by Crippen LogP contribution is -2.38. The number of rotatable bonds is 4. The molecule has 7 nitrogen and oxygen atoms in total. The van der Waals surface area contributed by atoms with E-state index >= 15 is 4.39 Å². The van der Waals surface area contributed by atoms with Crippen LogP contribution < -0.4 is 16.2 Å². The van der Waals surface area contributed by atoms with E-state index in [9.17, 15) is 0 Å². The van der Waals surface area contributed by atoms with Crippen molar-refractivity contribution in [1.82, 2.24) is 19.7 Å². The second kappa shape index (κ2) is 6.82. The molecule has 0 radical (unpaired) electrons. The fraction of sp³-hybridized carbons (Fsp3) is 0.190. The van der Waals surface area contributed by atoms with Crippen LogP contribution in [0.15, 0.2) is 54.9 Å². The van der Waals surface area contributed by atoms with Crippen LogP contribution in [0.1, 0.15) is 18.9 Å². The third-order valence-electron chi connectivity index (χ3n) is 5.19. The van der Waals surface area contributed by atoms with Gasteiger partial charge in [0.05, 0.1) is 11.4 Å².